The highest BCUT2D eigenvalue weighted by Crippen LogP contribution is 2.14. The van der Waals surface area contributed by atoms with Crippen LogP contribution in [0.1, 0.15) is 37.1 Å². The average molecular weight is 334 g/mol. The second-order valence-electron chi connectivity index (χ2n) is 4.69. The monoisotopic (exact) mass is 334 g/mol. The molecule has 6 nitrogen and oxygen atoms in total. The number of hydrogen-bond donors (Lipinski definition) is 0. The van der Waals surface area contributed by atoms with Gasteiger partial charge in [0.15, 0.2) is 0 Å². The van der Waals surface area contributed by atoms with Crippen LogP contribution in [-0.4, -0.2) is 29.9 Å². The van der Waals surface area contributed by atoms with Gasteiger partial charge in [0, 0.05) is 37.6 Å². The van der Waals surface area contributed by atoms with Crippen molar-refractivity contribution in [3.63, 3.8) is 0 Å². The standard InChI is InChI=1S/2C7H9N3S/c2*1-6(8-5-11)7-3-9-10(2)4-7/h2*3-4,6H,1-2H3/t2*6-/m10/s1. The Labute approximate surface area is 140 Å². The number of aliphatic imine (C=N–C) groups is 2. The first kappa shape index (κ1) is 18.1. The van der Waals surface area contributed by atoms with E-state index < -0.39 is 0 Å². The minimum absolute atomic E-state index is 0.0706. The van der Waals surface area contributed by atoms with Gasteiger partial charge in [0.05, 0.1) is 34.8 Å². The summed E-state index contributed by atoms with van der Waals surface area (Å²) in [6.45, 7) is 3.91. The van der Waals surface area contributed by atoms with Crippen LogP contribution in [0, 0.1) is 0 Å². The maximum absolute atomic E-state index is 4.49. The Morgan fingerprint density at radius 2 is 1.27 bits per heavy atom. The van der Waals surface area contributed by atoms with Gasteiger partial charge in [-0.2, -0.15) is 10.2 Å². The topological polar surface area (TPSA) is 60.4 Å². The zero-order valence-electron chi connectivity index (χ0n) is 13.0. The molecule has 8 heteroatoms. The lowest BCUT2D eigenvalue weighted by atomic mass is 10.2. The molecule has 0 saturated carbocycles. The lowest BCUT2D eigenvalue weighted by molar-refractivity contribution is 0.763. The lowest BCUT2D eigenvalue weighted by Crippen LogP contribution is -1.87. The number of aryl methyl sites for hydroxylation is 2. The van der Waals surface area contributed by atoms with Crippen molar-refractivity contribution in [1.29, 1.82) is 0 Å². The first-order valence-corrected chi connectivity index (χ1v) is 7.40. The molecule has 0 radical (unpaired) electrons. The highest BCUT2D eigenvalue weighted by atomic mass is 32.1. The molecule has 2 aromatic rings. The van der Waals surface area contributed by atoms with Crippen LogP contribution in [-0.2, 0) is 14.1 Å². The molecule has 0 N–H and O–H groups in total. The zero-order valence-corrected chi connectivity index (χ0v) is 14.6. The SMILES string of the molecule is C[C@@H](N=C=S)c1cnn(C)c1.C[C@H](N=C=S)c1cnn(C)c1. The van der Waals surface area contributed by atoms with Gasteiger partial charge in [-0.25, -0.2) is 9.98 Å². The summed E-state index contributed by atoms with van der Waals surface area (Å²) in [5.41, 5.74) is 2.12. The number of isothiocyanates is 2. The number of thiocarbonyl (C=S) groups is 2. The maximum atomic E-state index is 4.49. The summed E-state index contributed by atoms with van der Waals surface area (Å²) in [7, 11) is 3.74. The van der Waals surface area contributed by atoms with E-state index in [2.05, 4.69) is 54.9 Å². The van der Waals surface area contributed by atoms with Gasteiger partial charge in [0.2, 0.25) is 0 Å². The molecule has 0 unspecified atom stereocenters. The van der Waals surface area contributed by atoms with Gasteiger partial charge in [-0.1, -0.05) is 0 Å². The zero-order chi connectivity index (χ0) is 16.5. The van der Waals surface area contributed by atoms with E-state index in [1.807, 2.05) is 40.3 Å². The number of nitrogens with zero attached hydrogens (tertiary/aromatic N) is 6. The molecule has 0 aliphatic heterocycles. The molecule has 0 aliphatic rings. The van der Waals surface area contributed by atoms with Crippen LogP contribution < -0.4 is 0 Å². The number of hydrogen-bond acceptors (Lipinski definition) is 6. The predicted octanol–water partition coefficient (Wildman–Crippen LogP) is 3.17. The molecule has 116 valence electrons. The van der Waals surface area contributed by atoms with Crippen LogP contribution in [0.2, 0.25) is 0 Å². The average Bonchev–Trinajstić information content (AvgIpc) is 3.09. The van der Waals surface area contributed by atoms with E-state index in [1.165, 1.54) is 0 Å². The van der Waals surface area contributed by atoms with Gasteiger partial charge in [0.25, 0.3) is 0 Å². The van der Waals surface area contributed by atoms with Gasteiger partial charge in [-0.05, 0) is 38.3 Å². The fourth-order valence-electron chi connectivity index (χ4n) is 1.62. The molecule has 0 aromatic carbocycles. The van der Waals surface area contributed by atoms with Crippen LogP contribution in [0.15, 0.2) is 34.8 Å². The number of aromatic nitrogens is 4. The van der Waals surface area contributed by atoms with Crippen molar-refractivity contribution in [3.05, 3.63) is 35.9 Å². The summed E-state index contributed by atoms with van der Waals surface area (Å²) < 4.78 is 3.48. The Morgan fingerprint density at radius 1 is 0.909 bits per heavy atom. The predicted molar refractivity (Wildman–Crippen MR) is 93.3 cm³/mol. The summed E-state index contributed by atoms with van der Waals surface area (Å²) in [5, 5.41) is 12.7. The molecule has 0 aliphatic carbocycles. The number of rotatable bonds is 4. The molecule has 0 saturated heterocycles. The lowest BCUT2D eigenvalue weighted by Gasteiger charge is -1.96. The van der Waals surface area contributed by atoms with Crippen molar-refractivity contribution >= 4 is 34.8 Å². The van der Waals surface area contributed by atoms with Crippen molar-refractivity contribution < 1.29 is 0 Å². The van der Waals surface area contributed by atoms with Crippen molar-refractivity contribution in [1.82, 2.24) is 19.6 Å². The molecular formula is C14H18N6S2. The normalized spacial score (nSPS) is 12.2. The summed E-state index contributed by atoms with van der Waals surface area (Å²) in [4.78, 5) is 7.84. The third-order valence-corrected chi connectivity index (χ3v) is 3.12. The van der Waals surface area contributed by atoms with Gasteiger partial charge in [0.1, 0.15) is 0 Å². The molecule has 2 aromatic heterocycles. The molecular weight excluding hydrogens is 316 g/mol. The van der Waals surface area contributed by atoms with Gasteiger partial charge >= 0.3 is 0 Å². The summed E-state index contributed by atoms with van der Waals surface area (Å²) in [5.74, 6) is 0. The third-order valence-electron chi connectivity index (χ3n) is 2.91. The van der Waals surface area contributed by atoms with Crippen LogP contribution >= 0.6 is 24.4 Å². The van der Waals surface area contributed by atoms with E-state index >= 15 is 0 Å². The highest BCUT2D eigenvalue weighted by molar-refractivity contribution is 7.78. The van der Waals surface area contributed by atoms with Crippen LogP contribution in [0.4, 0.5) is 0 Å². The third kappa shape index (κ3) is 5.79. The molecule has 2 heterocycles. The van der Waals surface area contributed by atoms with Crippen LogP contribution in [0.5, 0.6) is 0 Å². The van der Waals surface area contributed by atoms with E-state index in [0.29, 0.717) is 0 Å². The van der Waals surface area contributed by atoms with Crippen molar-refractivity contribution in [2.75, 3.05) is 0 Å². The summed E-state index contributed by atoms with van der Waals surface area (Å²) >= 11 is 8.98. The van der Waals surface area contributed by atoms with E-state index in [1.54, 1.807) is 21.8 Å². The molecule has 0 spiro atoms. The van der Waals surface area contributed by atoms with E-state index in [4.69, 9.17) is 0 Å². The van der Waals surface area contributed by atoms with Gasteiger partial charge < -0.3 is 0 Å². The smallest absolute Gasteiger partial charge is 0.0854 e. The Morgan fingerprint density at radius 3 is 1.50 bits per heavy atom. The van der Waals surface area contributed by atoms with E-state index in [-0.39, 0.29) is 12.1 Å². The second-order valence-corrected chi connectivity index (χ2v) is 5.05. The minimum Gasteiger partial charge on any atom is -0.275 e. The first-order chi connectivity index (χ1) is 10.5. The second kappa shape index (κ2) is 9.12. The molecule has 0 amide bonds. The van der Waals surface area contributed by atoms with Gasteiger partial charge in [-0.3, -0.25) is 9.36 Å². The first-order valence-electron chi connectivity index (χ1n) is 6.59. The molecule has 0 bridgehead atoms. The minimum atomic E-state index is 0.0706. The van der Waals surface area contributed by atoms with Gasteiger partial charge in [-0.15, -0.1) is 0 Å². The summed E-state index contributed by atoms with van der Waals surface area (Å²) in [6, 6.07) is 0.141. The largest absolute Gasteiger partial charge is 0.275 e. The molecule has 22 heavy (non-hydrogen) atoms. The Bertz CT molecular complexity index is 632. The molecule has 2 atom stereocenters. The Kier molecular flexibility index (Phi) is 7.49. The Balaban J connectivity index is 0.000000220. The van der Waals surface area contributed by atoms with Crippen LogP contribution in [0.25, 0.3) is 0 Å². The Hall–Kier alpha value is -1.98. The fraction of sp³-hybridized carbons (Fsp3) is 0.429. The summed E-state index contributed by atoms with van der Waals surface area (Å²) in [6.07, 6.45) is 7.39. The van der Waals surface area contributed by atoms with E-state index in [9.17, 15) is 0 Å². The maximum Gasteiger partial charge on any atom is 0.0854 e. The highest BCUT2D eigenvalue weighted by Gasteiger charge is 2.04. The van der Waals surface area contributed by atoms with Crippen LogP contribution in [0.3, 0.4) is 0 Å². The van der Waals surface area contributed by atoms with Crippen molar-refractivity contribution in [3.8, 4) is 0 Å². The fourth-order valence-corrected chi connectivity index (χ4v) is 1.94. The molecule has 2 rings (SSSR count). The van der Waals surface area contributed by atoms with Crippen molar-refractivity contribution in [2.24, 2.45) is 24.1 Å². The van der Waals surface area contributed by atoms with Crippen molar-refractivity contribution in [2.45, 2.75) is 25.9 Å². The van der Waals surface area contributed by atoms with E-state index in [0.717, 1.165) is 11.1 Å². The quantitative estimate of drug-likeness (QED) is 0.636. The molecule has 0 fully saturated rings.